The summed E-state index contributed by atoms with van der Waals surface area (Å²) in [6.45, 7) is 1.04. The lowest BCUT2D eigenvalue weighted by Gasteiger charge is -2.32. The highest BCUT2D eigenvalue weighted by Crippen LogP contribution is 2.38. The first-order valence-corrected chi connectivity index (χ1v) is 17.2. The van der Waals surface area contributed by atoms with E-state index in [1.54, 1.807) is 23.5 Å². The zero-order valence-electron chi connectivity index (χ0n) is 24.5. The Balaban J connectivity index is 1.32. The van der Waals surface area contributed by atoms with Gasteiger partial charge in [0, 0.05) is 43.2 Å². The molecule has 43 heavy (non-hydrogen) atoms. The minimum Gasteiger partial charge on any atom is -0.497 e. The van der Waals surface area contributed by atoms with Crippen LogP contribution in [0.15, 0.2) is 70.6 Å². The standard InChI is InChI=1S/C32H40N2O7S2/c1-39-25-11-13-26(14-12-25)43(37,38)34(17-19-35)18-20-40-31-22-24(28-23-42-30-10-6-5-9-27(28)30)21-29(41-31)32(36)33-15-7-3-2-4-8-16-33/h5-6,9-14,21,23-24,31,35H,2-4,7-8,15-20,22H2,1H3/t24-,31+/m0/s1. The van der Waals surface area contributed by atoms with Crippen LogP contribution in [-0.2, 0) is 24.3 Å². The molecule has 5 rings (SSSR count). The molecule has 1 amide bonds. The van der Waals surface area contributed by atoms with Gasteiger partial charge in [0.2, 0.25) is 16.3 Å². The van der Waals surface area contributed by atoms with E-state index >= 15 is 0 Å². The van der Waals surface area contributed by atoms with E-state index in [1.807, 2.05) is 23.1 Å². The molecule has 0 aliphatic carbocycles. The van der Waals surface area contributed by atoms with Crippen LogP contribution in [0.3, 0.4) is 0 Å². The van der Waals surface area contributed by atoms with Gasteiger partial charge in [0.1, 0.15) is 5.75 Å². The summed E-state index contributed by atoms with van der Waals surface area (Å²) in [5.74, 6) is 0.617. The summed E-state index contributed by atoms with van der Waals surface area (Å²) in [4.78, 5) is 15.7. The number of aliphatic hydroxyl groups excluding tert-OH is 1. The molecular formula is C32H40N2O7S2. The molecule has 2 atom stereocenters. The SMILES string of the molecule is COc1ccc(S(=O)(=O)N(CCO)CCO[C@H]2C[C@@H](c3csc4ccccc34)C=C(C(=O)N3CCCCCCC3)O2)cc1. The number of carbonyl (C=O) groups excluding carboxylic acids is 1. The van der Waals surface area contributed by atoms with Crippen molar-refractivity contribution in [2.24, 2.45) is 0 Å². The average molecular weight is 629 g/mol. The first-order valence-electron chi connectivity index (χ1n) is 14.9. The summed E-state index contributed by atoms with van der Waals surface area (Å²) in [5.41, 5.74) is 1.12. The smallest absolute Gasteiger partial charge is 0.288 e. The van der Waals surface area contributed by atoms with Gasteiger partial charge in [0.05, 0.1) is 25.2 Å². The molecule has 0 unspecified atom stereocenters. The first-order chi connectivity index (χ1) is 20.9. The Labute approximate surface area is 257 Å². The average Bonchev–Trinajstić information content (AvgIpc) is 3.44. The molecule has 0 radical (unpaired) electrons. The van der Waals surface area contributed by atoms with E-state index < -0.39 is 16.3 Å². The second-order valence-electron chi connectivity index (χ2n) is 10.8. The number of nitrogens with zero attached hydrogens (tertiary/aromatic N) is 2. The lowest BCUT2D eigenvalue weighted by Crippen LogP contribution is -2.39. The normalized spacial score (nSPS) is 19.9. The fourth-order valence-corrected chi connectivity index (χ4v) is 8.11. The van der Waals surface area contributed by atoms with Crippen molar-refractivity contribution in [1.29, 1.82) is 0 Å². The number of thiophene rings is 1. The van der Waals surface area contributed by atoms with Gasteiger partial charge in [-0.25, -0.2) is 8.42 Å². The predicted octanol–water partition coefficient (Wildman–Crippen LogP) is 5.12. The van der Waals surface area contributed by atoms with Crippen molar-refractivity contribution >= 4 is 37.4 Å². The molecule has 3 aromatic rings. The second-order valence-corrected chi connectivity index (χ2v) is 13.7. The van der Waals surface area contributed by atoms with Crippen molar-refractivity contribution in [1.82, 2.24) is 9.21 Å². The number of aliphatic hydroxyl groups is 1. The number of benzene rings is 2. The van der Waals surface area contributed by atoms with Crippen LogP contribution in [0.4, 0.5) is 0 Å². The number of fused-ring (bicyclic) bond motifs is 1. The molecule has 1 saturated heterocycles. The number of likely N-dealkylation sites (tertiary alicyclic amines) is 1. The summed E-state index contributed by atoms with van der Waals surface area (Å²) in [6.07, 6.45) is 7.06. The van der Waals surface area contributed by atoms with E-state index in [4.69, 9.17) is 14.2 Å². The Hall–Kier alpha value is -2.96. The van der Waals surface area contributed by atoms with Crippen molar-refractivity contribution in [2.75, 3.05) is 46.5 Å². The minimum atomic E-state index is -3.88. The number of ether oxygens (including phenoxy) is 3. The monoisotopic (exact) mass is 628 g/mol. The number of amides is 1. The van der Waals surface area contributed by atoms with E-state index in [2.05, 4.69) is 17.5 Å². The van der Waals surface area contributed by atoms with E-state index in [0.29, 0.717) is 25.3 Å². The summed E-state index contributed by atoms with van der Waals surface area (Å²) in [5, 5.41) is 12.9. The van der Waals surface area contributed by atoms with Crippen LogP contribution in [0.1, 0.15) is 50.0 Å². The fraction of sp³-hybridized carbons (Fsp3) is 0.469. The Kier molecular flexibility index (Phi) is 10.7. The second kappa shape index (κ2) is 14.7. The third-order valence-corrected chi connectivity index (χ3v) is 10.9. The van der Waals surface area contributed by atoms with Gasteiger partial charge in [-0.15, -0.1) is 11.3 Å². The molecule has 1 aromatic heterocycles. The Morgan fingerprint density at radius 1 is 1.05 bits per heavy atom. The van der Waals surface area contributed by atoms with Crippen molar-refractivity contribution in [2.45, 2.75) is 55.6 Å². The number of hydrogen-bond donors (Lipinski definition) is 1. The zero-order valence-corrected chi connectivity index (χ0v) is 26.2. The largest absolute Gasteiger partial charge is 0.497 e. The number of hydrogen-bond acceptors (Lipinski definition) is 8. The highest BCUT2D eigenvalue weighted by Gasteiger charge is 2.33. The van der Waals surface area contributed by atoms with Crippen LogP contribution in [0.5, 0.6) is 5.75 Å². The van der Waals surface area contributed by atoms with Crippen LogP contribution < -0.4 is 4.74 Å². The highest BCUT2D eigenvalue weighted by atomic mass is 32.2. The maximum atomic E-state index is 13.7. The molecule has 2 aromatic carbocycles. The molecule has 11 heteroatoms. The highest BCUT2D eigenvalue weighted by molar-refractivity contribution is 7.89. The van der Waals surface area contributed by atoms with Crippen LogP contribution in [0.2, 0.25) is 0 Å². The van der Waals surface area contributed by atoms with Gasteiger partial charge in [-0.05, 0) is 65.6 Å². The Morgan fingerprint density at radius 3 is 2.49 bits per heavy atom. The topological polar surface area (TPSA) is 106 Å². The molecule has 232 valence electrons. The molecule has 0 bridgehead atoms. The Morgan fingerprint density at radius 2 is 1.77 bits per heavy atom. The Bertz CT molecular complexity index is 1500. The maximum absolute atomic E-state index is 13.7. The molecule has 0 spiro atoms. The van der Waals surface area contributed by atoms with Gasteiger partial charge in [-0.3, -0.25) is 4.79 Å². The van der Waals surface area contributed by atoms with Gasteiger partial charge >= 0.3 is 0 Å². The number of allylic oxidation sites excluding steroid dienone is 1. The van der Waals surface area contributed by atoms with E-state index in [9.17, 15) is 18.3 Å². The number of rotatable bonds is 11. The number of carbonyl (C=O) groups is 1. The van der Waals surface area contributed by atoms with Gasteiger partial charge in [-0.1, -0.05) is 37.5 Å². The summed E-state index contributed by atoms with van der Waals surface area (Å²) in [6, 6.07) is 14.3. The minimum absolute atomic E-state index is 0.0138. The summed E-state index contributed by atoms with van der Waals surface area (Å²) < 4.78 is 46.5. The molecule has 3 heterocycles. The van der Waals surface area contributed by atoms with Crippen LogP contribution in [0, 0.1) is 0 Å². The molecule has 2 aliphatic rings. The number of methoxy groups -OCH3 is 1. The predicted molar refractivity (Wildman–Crippen MR) is 167 cm³/mol. The fourth-order valence-electron chi connectivity index (χ4n) is 5.67. The molecule has 0 saturated carbocycles. The van der Waals surface area contributed by atoms with Crippen molar-refractivity contribution in [3.05, 3.63) is 71.3 Å². The van der Waals surface area contributed by atoms with E-state index in [1.165, 1.54) is 34.7 Å². The third kappa shape index (κ3) is 7.58. The lowest BCUT2D eigenvalue weighted by molar-refractivity contribution is -0.153. The van der Waals surface area contributed by atoms with Crippen LogP contribution >= 0.6 is 11.3 Å². The van der Waals surface area contributed by atoms with Gasteiger partial charge in [-0.2, -0.15) is 4.31 Å². The van der Waals surface area contributed by atoms with E-state index in [-0.39, 0.29) is 48.8 Å². The molecule has 1 N–H and O–H groups in total. The summed E-state index contributed by atoms with van der Waals surface area (Å²) in [7, 11) is -2.37. The molecule has 9 nitrogen and oxygen atoms in total. The molecular weight excluding hydrogens is 588 g/mol. The molecule has 1 fully saturated rings. The third-order valence-electron chi connectivity index (χ3n) is 8.01. The lowest BCUT2D eigenvalue weighted by atomic mass is 9.92. The quantitative estimate of drug-likeness (QED) is 0.314. The zero-order chi connectivity index (χ0) is 30.2. The van der Waals surface area contributed by atoms with E-state index in [0.717, 1.165) is 36.6 Å². The molecule has 2 aliphatic heterocycles. The summed E-state index contributed by atoms with van der Waals surface area (Å²) >= 11 is 1.67. The van der Waals surface area contributed by atoms with Gasteiger partial charge in [0.25, 0.3) is 5.91 Å². The van der Waals surface area contributed by atoms with Crippen LogP contribution in [-0.4, -0.2) is 81.4 Å². The first kappa shape index (κ1) is 31.5. The number of sulfonamides is 1. The van der Waals surface area contributed by atoms with Crippen molar-refractivity contribution < 1.29 is 32.5 Å². The van der Waals surface area contributed by atoms with Gasteiger partial charge in [0.15, 0.2) is 5.76 Å². The van der Waals surface area contributed by atoms with Gasteiger partial charge < -0.3 is 24.2 Å². The maximum Gasteiger partial charge on any atom is 0.288 e. The van der Waals surface area contributed by atoms with Crippen molar-refractivity contribution in [3.8, 4) is 5.75 Å². The van der Waals surface area contributed by atoms with Crippen LogP contribution in [0.25, 0.3) is 10.1 Å². The van der Waals surface area contributed by atoms with Crippen molar-refractivity contribution in [3.63, 3.8) is 0 Å².